The van der Waals surface area contributed by atoms with Crippen LogP contribution in [0.4, 0.5) is 17.1 Å². The summed E-state index contributed by atoms with van der Waals surface area (Å²) >= 11 is 1.77. The SMILES string of the molecule is c1ccc(Oc2cccc(N(c3ccccc3)c3csc4ccccc34)c2)cc1. The molecule has 0 spiro atoms. The van der Waals surface area contributed by atoms with Gasteiger partial charge >= 0.3 is 0 Å². The number of rotatable bonds is 5. The van der Waals surface area contributed by atoms with Crippen LogP contribution in [0.15, 0.2) is 115 Å². The zero-order chi connectivity index (χ0) is 19.5. The molecule has 140 valence electrons. The fraction of sp³-hybridized carbons (Fsp3) is 0. The molecule has 0 aliphatic heterocycles. The second-order valence-corrected chi connectivity index (χ2v) is 7.61. The van der Waals surface area contributed by atoms with E-state index in [1.807, 2.05) is 48.5 Å². The van der Waals surface area contributed by atoms with Crippen LogP contribution >= 0.6 is 11.3 Å². The first kappa shape index (κ1) is 17.5. The van der Waals surface area contributed by atoms with E-state index in [1.54, 1.807) is 11.3 Å². The molecule has 1 heterocycles. The molecule has 0 atom stereocenters. The van der Waals surface area contributed by atoms with Gasteiger partial charge in [0.2, 0.25) is 0 Å². The third-order valence-corrected chi connectivity index (χ3v) is 5.72. The Morgan fingerprint density at radius 2 is 1.24 bits per heavy atom. The molecule has 1 aromatic heterocycles. The fourth-order valence-corrected chi connectivity index (χ4v) is 4.38. The van der Waals surface area contributed by atoms with Gasteiger partial charge in [0.05, 0.1) is 5.69 Å². The van der Waals surface area contributed by atoms with Gasteiger partial charge in [-0.1, -0.05) is 60.7 Å². The maximum atomic E-state index is 6.09. The molecule has 0 aliphatic carbocycles. The van der Waals surface area contributed by atoms with Gasteiger partial charge < -0.3 is 9.64 Å². The van der Waals surface area contributed by atoms with Crippen LogP contribution in [-0.2, 0) is 0 Å². The van der Waals surface area contributed by atoms with Gasteiger partial charge in [0.25, 0.3) is 0 Å². The third kappa shape index (κ3) is 3.60. The zero-order valence-corrected chi connectivity index (χ0v) is 16.5. The van der Waals surface area contributed by atoms with Crippen molar-refractivity contribution in [2.24, 2.45) is 0 Å². The molecule has 3 heteroatoms. The average Bonchev–Trinajstić information content (AvgIpc) is 3.20. The maximum Gasteiger partial charge on any atom is 0.129 e. The summed E-state index contributed by atoms with van der Waals surface area (Å²) in [7, 11) is 0. The molecule has 5 aromatic rings. The van der Waals surface area contributed by atoms with Crippen molar-refractivity contribution in [1.29, 1.82) is 0 Å². The number of hydrogen-bond donors (Lipinski definition) is 0. The number of hydrogen-bond acceptors (Lipinski definition) is 3. The zero-order valence-electron chi connectivity index (χ0n) is 15.7. The van der Waals surface area contributed by atoms with Crippen LogP contribution in [0, 0.1) is 0 Å². The summed E-state index contributed by atoms with van der Waals surface area (Å²) in [5.41, 5.74) is 3.36. The number of para-hydroxylation sites is 2. The van der Waals surface area contributed by atoms with Gasteiger partial charge in [0.1, 0.15) is 11.5 Å². The van der Waals surface area contributed by atoms with Crippen molar-refractivity contribution in [1.82, 2.24) is 0 Å². The summed E-state index contributed by atoms with van der Waals surface area (Å²) in [6.45, 7) is 0. The first-order valence-corrected chi connectivity index (χ1v) is 10.4. The molecule has 5 rings (SSSR count). The lowest BCUT2D eigenvalue weighted by Crippen LogP contribution is -2.09. The van der Waals surface area contributed by atoms with E-state index in [0.717, 1.165) is 22.9 Å². The van der Waals surface area contributed by atoms with E-state index in [9.17, 15) is 0 Å². The molecule has 0 radical (unpaired) electrons. The molecule has 29 heavy (non-hydrogen) atoms. The molecular weight excluding hydrogens is 374 g/mol. The van der Waals surface area contributed by atoms with Gasteiger partial charge in [-0.15, -0.1) is 11.3 Å². The highest BCUT2D eigenvalue weighted by atomic mass is 32.1. The molecular formula is C26H19NOS. The highest BCUT2D eigenvalue weighted by Gasteiger charge is 2.17. The quantitative estimate of drug-likeness (QED) is 0.298. The molecule has 0 bridgehead atoms. The van der Waals surface area contributed by atoms with Crippen LogP contribution in [0.25, 0.3) is 10.1 Å². The van der Waals surface area contributed by atoms with Crippen molar-refractivity contribution >= 4 is 38.5 Å². The van der Waals surface area contributed by atoms with Crippen molar-refractivity contribution < 1.29 is 4.74 Å². The van der Waals surface area contributed by atoms with Crippen molar-refractivity contribution in [3.63, 3.8) is 0 Å². The highest BCUT2D eigenvalue weighted by molar-refractivity contribution is 7.17. The smallest absolute Gasteiger partial charge is 0.129 e. The monoisotopic (exact) mass is 393 g/mol. The molecule has 0 saturated carbocycles. The Morgan fingerprint density at radius 3 is 2.07 bits per heavy atom. The lowest BCUT2D eigenvalue weighted by molar-refractivity contribution is 0.483. The van der Waals surface area contributed by atoms with E-state index >= 15 is 0 Å². The first-order valence-electron chi connectivity index (χ1n) is 9.53. The first-order chi connectivity index (χ1) is 14.4. The highest BCUT2D eigenvalue weighted by Crippen LogP contribution is 2.42. The second kappa shape index (κ2) is 7.82. The minimum Gasteiger partial charge on any atom is -0.457 e. The van der Waals surface area contributed by atoms with Crippen molar-refractivity contribution in [2.75, 3.05) is 4.90 Å². The average molecular weight is 394 g/mol. The Morgan fingerprint density at radius 1 is 0.586 bits per heavy atom. The standard InChI is InChI=1S/C26H19NOS/c1-3-10-20(11-4-1)27(25-19-29-26-17-8-7-16-24(25)26)21-12-9-15-23(18-21)28-22-13-5-2-6-14-22/h1-19H. The van der Waals surface area contributed by atoms with Crippen LogP contribution in [-0.4, -0.2) is 0 Å². The Hall–Kier alpha value is -3.56. The summed E-state index contributed by atoms with van der Waals surface area (Å²) in [6, 6.07) is 37.1. The summed E-state index contributed by atoms with van der Waals surface area (Å²) in [5, 5.41) is 3.47. The normalized spacial score (nSPS) is 10.8. The van der Waals surface area contributed by atoms with Crippen LogP contribution in [0.1, 0.15) is 0 Å². The number of thiophene rings is 1. The number of nitrogens with zero attached hydrogens (tertiary/aromatic N) is 1. The summed E-state index contributed by atoms with van der Waals surface area (Å²) in [5.74, 6) is 1.64. The molecule has 0 N–H and O–H groups in total. The maximum absolute atomic E-state index is 6.09. The van der Waals surface area contributed by atoms with E-state index in [2.05, 4.69) is 70.9 Å². The van der Waals surface area contributed by atoms with Crippen LogP contribution in [0.5, 0.6) is 11.5 Å². The van der Waals surface area contributed by atoms with E-state index in [4.69, 9.17) is 4.74 Å². The van der Waals surface area contributed by atoms with E-state index in [-0.39, 0.29) is 0 Å². The minimum atomic E-state index is 0.814. The molecule has 4 aromatic carbocycles. The summed E-state index contributed by atoms with van der Waals surface area (Å²) in [6.07, 6.45) is 0. The van der Waals surface area contributed by atoms with Gasteiger partial charge in [0.15, 0.2) is 0 Å². The van der Waals surface area contributed by atoms with Crippen LogP contribution in [0.2, 0.25) is 0 Å². The number of fused-ring (bicyclic) bond motifs is 1. The Balaban J connectivity index is 1.61. The lowest BCUT2D eigenvalue weighted by atomic mass is 10.1. The molecule has 0 aliphatic rings. The predicted octanol–water partition coefficient (Wildman–Crippen LogP) is 8.16. The summed E-state index contributed by atoms with van der Waals surface area (Å²) in [4.78, 5) is 2.29. The topological polar surface area (TPSA) is 12.5 Å². The third-order valence-electron chi connectivity index (χ3n) is 4.77. The van der Waals surface area contributed by atoms with Gasteiger partial charge in [0, 0.05) is 32.9 Å². The second-order valence-electron chi connectivity index (χ2n) is 6.70. The molecule has 0 amide bonds. The van der Waals surface area contributed by atoms with Gasteiger partial charge in [-0.25, -0.2) is 0 Å². The number of ether oxygens (including phenoxy) is 1. The number of anilines is 3. The largest absolute Gasteiger partial charge is 0.457 e. The van der Waals surface area contributed by atoms with Gasteiger partial charge in [-0.3, -0.25) is 0 Å². The van der Waals surface area contributed by atoms with Crippen molar-refractivity contribution in [3.05, 3.63) is 115 Å². The summed E-state index contributed by atoms with van der Waals surface area (Å²) < 4.78 is 7.36. The predicted molar refractivity (Wildman–Crippen MR) is 123 cm³/mol. The number of benzene rings is 4. The van der Waals surface area contributed by atoms with Gasteiger partial charge in [-0.05, 0) is 42.5 Å². The minimum absolute atomic E-state index is 0.814. The van der Waals surface area contributed by atoms with Crippen LogP contribution in [0.3, 0.4) is 0 Å². The molecule has 0 unspecified atom stereocenters. The Labute approximate surface area is 174 Å². The Kier molecular flexibility index (Phi) is 4.73. The molecule has 0 fully saturated rings. The van der Waals surface area contributed by atoms with Crippen molar-refractivity contribution in [3.8, 4) is 11.5 Å². The van der Waals surface area contributed by atoms with Gasteiger partial charge in [-0.2, -0.15) is 0 Å². The van der Waals surface area contributed by atoms with E-state index in [0.29, 0.717) is 0 Å². The van der Waals surface area contributed by atoms with Crippen LogP contribution < -0.4 is 9.64 Å². The Bertz CT molecular complexity index is 1230. The molecule has 0 saturated heterocycles. The van der Waals surface area contributed by atoms with Crippen molar-refractivity contribution in [2.45, 2.75) is 0 Å². The van der Waals surface area contributed by atoms with E-state index < -0.39 is 0 Å². The molecule has 2 nitrogen and oxygen atoms in total. The van der Waals surface area contributed by atoms with E-state index in [1.165, 1.54) is 15.8 Å². The fourth-order valence-electron chi connectivity index (χ4n) is 3.45. The lowest BCUT2D eigenvalue weighted by Gasteiger charge is -2.25.